The van der Waals surface area contributed by atoms with Gasteiger partial charge in [0.1, 0.15) is 5.84 Å². The molecule has 0 saturated heterocycles. The van der Waals surface area contributed by atoms with E-state index in [0.29, 0.717) is 12.4 Å². The third kappa shape index (κ3) is 4.45. The normalized spacial score (nSPS) is 11.0. The van der Waals surface area contributed by atoms with Crippen LogP contribution in [0.2, 0.25) is 0 Å². The molecule has 0 atom stereocenters. The maximum Gasteiger partial charge on any atom is 0.412 e. The molecule has 1 N–H and O–H groups in total. The second-order valence-corrected chi connectivity index (χ2v) is 4.51. The van der Waals surface area contributed by atoms with Gasteiger partial charge in [-0.3, -0.25) is 5.32 Å². The van der Waals surface area contributed by atoms with E-state index in [-0.39, 0.29) is 0 Å². The molecule has 0 aliphatic carbocycles. The highest BCUT2D eigenvalue weighted by Crippen LogP contribution is 2.13. The number of rotatable bonds is 3. The quantitative estimate of drug-likeness (QED) is 0.687. The smallest absolute Gasteiger partial charge is 0.412 e. The zero-order chi connectivity index (χ0) is 15.1. The van der Waals surface area contributed by atoms with Crippen molar-refractivity contribution in [3.63, 3.8) is 0 Å². The van der Waals surface area contributed by atoms with Crippen molar-refractivity contribution in [3.05, 3.63) is 65.7 Å². The predicted octanol–water partition coefficient (Wildman–Crippen LogP) is 3.82. The number of aliphatic imine (C=N–C) groups is 1. The van der Waals surface area contributed by atoms with Gasteiger partial charge in [0, 0.05) is 5.56 Å². The molecule has 0 aromatic heterocycles. The lowest BCUT2D eigenvalue weighted by atomic mass is 10.1. The first-order valence-corrected chi connectivity index (χ1v) is 6.83. The third-order valence-corrected chi connectivity index (χ3v) is 2.82. The number of nitrogens with one attached hydrogen (secondary N) is 1. The van der Waals surface area contributed by atoms with Crippen molar-refractivity contribution in [1.82, 2.24) is 5.32 Å². The van der Waals surface area contributed by atoms with Gasteiger partial charge in [0.2, 0.25) is 0 Å². The third-order valence-electron chi connectivity index (χ3n) is 2.82. The minimum atomic E-state index is -0.507. The van der Waals surface area contributed by atoms with Crippen LogP contribution < -0.4 is 5.32 Å². The van der Waals surface area contributed by atoms with E-state index in [0.717, 1.165) is 16.8 Å². The largest absolute Gasteiger partial charge is 0.450 e. The van der Waals surface area contributed by atoms with Crippen LogP contribution in [0, 0.1) is 6.92 Å². The molecule has 2 aromatic rings. The molecule has 0 heterocycles. The molecule has 21 heavy (non-hydrogen) atoms. The molecule has 1 amide bonds. The van der Waals surface area contributed by atoms with E-state index in [1.807, 2.05) is 61.5 Å². The second-order valence-electron chi connectivity index (χ2n) is 4.51. The van der Waals surface area contributed by atoms with Gasteiger partial charge in [-0.15, -0.1) is 0 Å². The maximum absolute atomic E-state index is 11.7. The Hall–Kier alpha value is -2.62. The second kappa shape index (κ2) is 7.24. The summed E-state index contributed by atoms with van der Waals surface area (Å²) >= 11 is 0. The van der Waals surface area contributed by atoms with Crippen molar-refractivity contribution < 1.29 is 9.53 Å². The van der Waals surface area contributed by atoms with Crippen LogP contribution >= 0.6 is 0 Å². The van der Waals surface area contributed by atoms with E-state index in [4.69, 9.17) is 4.74 Å². The Morgan fingerprint density at radius 1 is 1.10 bits per heavy atom. The van der Waals surface area contributed by atoms with Crippen molar-refractivity contribution in [2.45, 2.75) is 13.8 Å². The Morgan fingerprint density at radius 3 is 2.38 bits per heavy atom. The number of nitrogens with zero attached hydrogens (tertiary/aromatic N) is 1. The highest BCUT2D eigenvalue weighted by Gasteiger charge is 2.09. The van der Waals surface area contributed by atoms with E-state index in [1.54, 1.807) is 6.92 Å². The zero-order valence-corrected chi connectivity index (χ0v) is 12.2. The van der Waals surface area contributed by atoms with Crippen molar-refractivity contribution >= 4 is 17.6 Å². The van der Waals surface area contributed by atoms with Gasteiger partial charge >= 0.3 is 6.09 Å². The lowest BCUT2D eigenvalue weighted by molar-refractivity contribution is 0.158. The molecule has 0 bridgehead atoms. The molecule has 0 aliphatic heterocycles. The zero-order valence-electron chi connectivity index (χ0n) is 12.2. The maximum atomic E-state index is 11.7. The van der Waals surface area contributed by atoms with Crippen LogP contribution in [0.1, 0.15) is 18.1 Å². The fourth-order valence-corrected chi connectivity index (χ4v) is 1.77. The average Bonchev–Trinajstić information content (AvgIpc) is 2.49. The molecular weight excluding hydrogens is 264 g/mol. The summed E-state index contributed by atoms with van der Waals surface area (Å²) in [6.07, 6.45) is -0.507. The van der Waals surface area contributed by atoms with Gasteiger partial charge in [0.05, 0.1) is 12.3 Å². The van der Waals surface area contributed by atoms with Crippen LogP contribution in [0.25, 0.3) is 0 Å². The summed E-state index contributed by atoms with van der Waals surface area (Å²) in [6.45, 7) is 4.09. The van der Waals surface area contributed by atoms with Gasteiger partial charge in [0.15, 0.2) is 0 Å². The Morgan fingerprint density at radius 2 is 1.76 bits per heavy atom. The number of carbonyl (C=O) groups is 1. The van der Waals surface area contributed by atoms with Gasteiger partial charge in [-0.2, -0.15) is 0 Å². The number of aryl methyl sites for hydroxylation is 1. The van der Waals surface area contributed by atoms with E-state index in [9.17, 15) is 4.79 Å². The van der Waals surface area contributed by atoms with Crippen molar-refractivity contribution in [3.8, 4) is 0 Å². The van der Waals surface area contributed by atoms with E-state index in [2.05, 4.69) is 10.3 Å². The standard InChI is InChI=1S/C17H18N2O2/c1-3-21-17(20)19-16(14-11-9-13(2)10-12-14)18-15-7-5-4-6-8-15/h4-12H,3H2,1-2H3,(H,18,19,20). The lowest BCUT2D eigenvalue weighted by Crippen LogP contribution is -2.31. The van der Waals surface area contributed by atoms with Gasteiger partial charge in [-0.05, 0) is 26.0 Å². The van der Waals surface area contributed by atoms with Crippen LogP contribution in [-0.2, 0) is 4.74 Å². The number of carbonyl (C=O) groups excluding carboxylic acids is 1. The van der Waals surface area contributed by atoms with Gasteiger partial charge in [-0.1, -0.05) is 48.0 Å². The molecule has 0 saturated carbocycles. The number of amidine groups is 1. The topological polar surface area (TPSA) is 50.7 Å². The summed E-state index contributed by atoms with van der Waals surface area (Å²) in [7, 11) is 0. The van der Waals surface area contributed by atoms with Crippen LogP contribution in [0.3, 0.4) is 0 Å². The summed E-state index contributed by atoms with van der Waals surface area (Å²) in [5.41, 5.74) is 2.75. The van der Waals surface area contributed by atoms with Crippen molar-refractivity contribution in [2.75, 3.05) is 6.61 Å². The van der Waals surface area contributed by atoms with Crippen LogP contribution in [0.5, 0.6) is 0 Å². The number of amides is 1. The molecule has 0 fully saturated rings. The van der Waals surface area contributed by atoms with Crippen LogP contribution in [0.15, 0.2) is 59.6 Å². The number of alkyl carbamates (subject to hydrolysis) is 1. The molecule has 0 aliphatic rings. The summed E-state index contributed by atoms with van der Waals surface area (Å²) < 4.78 is 4.92. The molecule has 2 aromatic carbocycles. The SMILES string of the molecule is CCOC(=O)NC(=Nc1ccccc1)c1ccc(C)cc1. The van der Waals surface area contributed by atoms with E-state index in [1.165, 1.54) is 0 Å². The number of benzene rings is 2. The van der Waals surface area contributed by atoms with Crippen molar-refractivity contribution in [2.24, 2.45) is 4.99 Å². The lowest BCUT2D eigenvalue weighted by Gasteiger charge is -2.09. The summed E-state index contributed by atoms with van der Waals surface area (Å²) in [4.78, 5) is 16.2. The fraction of sp³-hybridized carbons (Fsp3) is 0.176. The fourth-order valence-electron chi connectivity index (χ4n) is 1.77. The monoisotopic (exact) mass is 282 g/mol. The van der Waals surface area contributed by atoms with Gasteiger partial charge in [0.25, 0.3) is 0 Å². The molecular formula is C17H18N2O2. The Kier molecular flexibility index (Phi) is 5.10. The van der Waals surface area contributed by atoms with Gasteiger partial charge < -0.3 is 4.74 Å². The number of para-hydroxylation sites is 1. The first kappa shape index (κ1) is 14.8. The highest BCUT2D eigenvalue weighted by molar-refractivity contribution is 6.07. The number of hydrogen-bond donors (Lipinski definition) is 1. The van der Waals surface area contributed by atoms with E-state index >= 15 is 0 Å². The summed E-state index contributed by atoms with van der Waals surface area (Å²) in [6, 6.07) is 17.3. The van der Waals surface area contributed by atoms with Crippen LogP contribution in [-0.4, -0.2) is 18.5 Å². The summed E-state index contributed by atoms with van der Waals surface area (Å²) in [5, 5.41) is 2.69. The molecule has 0 radical (unpaired) electrons. The van der Waals surface area contributed by atoms with Crippen molar-refractivity contribution in [1.29, 1.82) is 0 Å². The number of ether oxygens (including phenoxy) is 1. The molecule has 0 spiro atoms. The van der Waals surface area contributed by atoms with Gasteiger partial charge in [-0.25, -0.2) is 9.79 Å². The Bertz CT molecular complexity index is 619. The van der Waals surface area contributed by atoms with Crippen LogP contribution in [0.4, 0.5) is 10.5 Å². The minimum absolute atomic E-state index is 0.318. The highest BCUT2D eigenvalue weighted by atomic mass is 16.5. The van der Waals surface area contributed by atoms with E-state index < -0.39 is 6.09 Å². The molecule has 108 valence electrons. The Balaban J connectivity index is 2.32. The Labute approximate surface area is 124 Å². The average molecular weight is 282 g/mol. The molecule has 2 rings (SSSR count). The minimum Gasteiger partial charge on any atom is -0.450 e. The summed E-state index contributed by atoms with van der Waals surface area (Å²) in [5.74, 6) is 0.472. The molecule has 4 nitrogen and oxygen atoms in total. The molecule has 4 heteroatoms. The number of hydrogen-bond acceptors (Lipinski definition) is 3. The predicted molar refractivity (Wildman–Crippen MR) is 84.0 cm³/mol. The first-order chi connectivity index (χ1) is 10.2. The first-order valence-electron chi connectivity index (χ1n) is 6.83. The molecule has 0 unspecified atom stereocenters.